The molecule has 6 heteroatoms. The van der Waals surface area contributed by atoms with E-state index in [1.54, 1.807) is 0 Å². The molecular formula is C9H16O5S. The maximum Gasteiger partial charge on any atom is 0.308 e. The number of ether oxygens (including phenoxy) is 1. The van der Waals surface area contributed by atoms with Gasteiger partial charge in [0.05, 0.1) is 25.4 Å². The molecule has 0 N–H and O–H groups in total. The first-order valence-electron chi connectivity index (χ1n) is 4.88. The van der Waals surface area contributed by atoms with Crippen LogP contribution in [0.2, 0.25) is 0 Å². The highest BCUT2D eigenvalue weighted by Crippen LogP contribution is 2.27. The lowest BCUT2D eigenvalue weighted by Gasteiger charge is -2.25. The minimum atomic E-state index is -3.38. The summed E-state index contributed by atoms with van der Waals surface area (Å²) in [4.78, 5) is 11.2. The first-order valence-corrected chi connectivity index (χ1v) is 6.70. The molecule has 0 aliphatic heterocycles. The van der Waals surface area contributed by atoms with Crippen LogP contribution in [-0.2, 0) is 23.8 Å². The summed E-state index contributed by atoms with van der Waals surface area (Å²) >= 11 is 0. The average Bonchev–Trinajstić information content (AvgIpc) is 2.15. The molecule has 88 valence electrons. The van der Waals surface area contributed by atoms with Gasteiger partial charge in [-0.3, -0.25) is 8.98 Å². The van der Waals surface area contributed by atoms with E-state index in [1.807, 2.05) is 0 Å². The number of hydrogen-bond donors (Lipinski definition) is 0. The molecule has 1 aliphatic carbocycles. The summed E-state index contributed by atoms with van der Waals surface area (Å²) in [5.41, 5.74) is 0. The molecule has 0 radical (unpaired) electrons. The van der Waals surface area contributed by atoms with Gasteiger partial charge in [0.2, 0.25) is 0 Å². The number of hydrogen-bond acceptors (Lipinski definition) is 5. The predicted molar refractivity (Wildman–Crippen MR) is 53.7 cm³/mol. The quantitative estimate of drug-likeness (QED) is 0.532. The van der Waals surface area contributed by atoms with Crippen LogP contribution in [0.25, 0.3) is 0 Å². The Hall–Kier alpha value is -0.620. The van der Waals surface area contributed by atoms with Crippen molar-refractivity contribution in [2.24, 2.45) is 5.92 Å². The Kier molecular flexibility index (Phi) is 4.10. The van der Waals surface area contributed by atoms with Gasteiger partial charge in [-0.15, -0.1) is 0 Å². The maximum absolute atomic E-state index is 11.2. The molecule has 0 unspecified atom stereocenters. The first kappa shape index (κ1) is 12.4. The molecular weight excluding hydrogens is 220 g/mol. The minimum absolute atomic E-state index is 0.102. The van der Waals surface area contributed by atoms with Gasteiger partial charge in [0.15, 0.2) is 0 Å². The summed E-state index contributed by atoms with van der Waals surface area (Å²) in [6, 6.07) is 0. The molecule has 0 aromatic carbocycles. The Labute approximate surface area is 89.9 Å². The van der Waals surface area contributed by atoms with Crippen molar-refractivity contribution in [1.29, 1.82) is 0 Å². The summed E-state index contributed by atoms with van der Waals surface area (Å²) in [7, 11) is -2.02. The number of carbonyl (C=O) groups is 1. The largest absolute Gasteiger partial charge is 0.469 e. The zero-order valence-corrected chi connectivity index (χ0v) is 9.75. The van der Waals surface area contributed by atoms with Gasteiger partial charge in [0.25, 0.3) is 10.1 Å². The van der Waals surface area contributed by atoms with Crippen LogP contribution in [0, 0.1) is 5.92 Å². The summed E-state index contributed by atoms with van der Waals surface area (Å²) in [5, 5.41) is 0. The molecule has 15 heavy (non-hydrogen) atoms. The van der Waals surface area contributed by atoms with Crippen molar-refractivity contribution < 1.29 is 22.1 Å². The van der Waals surface area contributed by atoms with Crippen molar-refractivity contribution in [3.63, 3.8) is 0 Å². The summed E-state index contributed by atoms with van der Waals surface area (Å²) < 4.78 is 31.2. The van der Waals surface area contributed by atoms with Crippen LogP contribution in [0.3, 0.4) is 0 Å². The highest BCUT2D eigenvalue weighted by atomic mass is 32.2. The van der Waals surface area contributed by atoms with E-state index in [4.69, 9.17) is 4.18 Å². The summed E-state index contributed by atoms with van der Waals surface area (Å²) in [6.07, 6.45) is 3.21. The van der Waals surface area contributed by atoms with Gasteiger partial charge >= 0.3 is 5.97 Å². The molecule has 0 aromatic rings. The van der Waals surface area contributed by atoms with E-state index < -0.39 is 10.1 Å². The Morgan fingerprint density at radius 1 is 1.20 bits per heavy atom. The number of rotatable bonds is 3. The van der Waals surface area contributed by atoms with E-state index in [9.17, 15) is 13.2 Å². The van der Waals surface area contributed by atoms with Crippen molar-refractivity contribution >= 4 is 16.1 Å². The fourth-order valence-electron chi connectivity index (χ4n) is 1.81. The lowest BCUT2D eigenvalue weighted by Crippen LogP contribution is -2.28. The monoisotopic (exact) mass is 236 g/mol. The van der Waals surface area contributed by atoms with E-state index in [2.05, 4.69) is 4.74 Å². The van der Waals surface area contributed by atoms with Crippen LogP contribution in [0.5, 0.6) is 0 Å². The van der Waals surface area contributed by atoms with E-state index in [-0.39, 0.29) is 18.0 Å². The molecule has 0 amide bonds. The third-order valence-corrected chi connectivity index (χ3v) is 3.14. The molecule has 1 saturated carbocycles. The Balaban J connectivity index is 2.39. The van der Waals surface area contributed by atoms with Gasteiger partial charge in [-0.05, 0) is 25.7 Å². The van der Waals surface area contributed by atoms with Gasteiger partial charge < -0.3 is 4.74 Å². The maximum atomic E-state index is 11.2. The standard InChI is InChI=1S/C9H16O5S/c1-13-9(10)7-3-5-8(6-4-7)14-15(2,11)12/h7-8H,3-6H2,1-2H3/t7-,8+. The van der Waals surface area contributed by atoms with Gasteiger partial charge in [0, 0.05) is 0 Å². The van der Waals surface area contributed by atoms with Gasteiger partial charge in [0.1, 0.15) is 0 Å². The van der Waals surface area contributed by atoms with Crippen LogP contribution >= 0.6 is 0 Å². The molecule has 0 saturated heterocycles. The Bertz CT molecular complexity index is 313. The second kappa shape index (κ2) is 4.94. The summed E-state index contributed by atoms with van der Waals surface area (Å²) in [5.74, 6) is -0.317. The lowest BCUT2D eigenvalue weighted by molar-refractivity contribution is -0.147. The smallest absolute Gasteiger partial charge is 0.308 e. The van der Waals surface area contributed by atoms with Crippen LogP contribution in [0.1, 0.15) is 25.7 Å². The van der Waals surface area contributed by atoms with E-state index in [1.165, 1.54) is 7.11 Å². The van der Waals surface area contributed by atoms with Gasteiger partial charge in [-0.25, -0.2) is 0 Å². The van der Waals surface area contributed by atoms with E-state index in [0.717, 1.165) is 6.26 Å². The minimum Gasteiger partial charge on any atom is -0.469 e. The van der Waals surface area contributed by atoms with E-state index >= 15 is 0 Å². The van der Waals surface area contributed by atoms with Crippen molar-refractivity contribution in [3.05, 3.63) is 0 Å². The van der Waals surface area contributed by atoms with Crippen LogP contribution < -0.4 is 0 Å². The molecule has 1 fully saturated rings. The summed E-state index contributed by atoms with van der Waals surface area (Å²) in [6.45, 7) is 0. The van der Waals surface area contributed by atoms with Crippen LogP contribution in [0.4, 0.5) is 0 Å². The first-order chi connectivity index (χ1) is 6.92. The van der Waals surface area contributed by atoms with Gasteiger partial charge in [-0.2, -0.15) is 8.42 Å². The number of methoxy groups -OCH3 is 1. The molecule has 1 rings (SSSR count). The third-order valence-electron chi connectivity index (χ3n) is 2.52. The fraction of sp³-hybridized carbons (Fsp3) is 0.889. The Morgan fingerprint density at radius 3 is 2.13 bits per heavy atom. The predicted octanol–water partition coefficient (Wildman–Crippen LogP) is 0.694. The topological polar surface area (TPSA) is 69.7 Å². The van der Waals surface area contributed by atoms with Gasteiger partial charge in [-0.1, -0.05) is 0 Å². The lowest BCUT2D eigenvalue weighted by atomic mass is 9.88. The number of carbonyl (C=O) groups excluding carboxylic acids is 1. The van der Waals surface area contributed by atoms with Crippen molar-refractivity contribution in [2.75, 3.05) is 13.4 Å². The number of esters is 1. The van der Waals surface area contributed by atoms with Crippen molar-refractivity contribution in [1.82, 2.24) is 0 Å². The van der Waals surface area contributed by atoms with Crippen molar-refractivity contribution in [2.45, 2.75) is 31.8 Å². The molecule has 0 bridgehead atoms. The molecule has 5 nitrogen and oxygen atoms in total. The highest BCUT2D eigenvalue weighted by Gasteiger charge is 2.28. The average molecular weight is 236 g/mol. The SMILES string of the molecule is COC(=O)[C@H]1CC[C@@H](OS(C)(=O)=O)CC1. The van der Waals surface area contributed by atoms with Crippen LogP contribution in [-0.4, -0.2) is 33.9 Å². The van der Waals surface area contributed by atoms with Crippen molar-refractivity contribution in [3.8, 4) is 0 Å². The second-order valence-corrected chi connectivity index (χ2v) is 5.40. The molecule has 0 atom stereocenters. The molecule has 0 aromatic heterocycles. The zero-order chi connectivity index (χ0) is 11.5. The van der Waals surface area contributed by atoms with E-state index in [0.29, 0.717) is 25.7 Å². The third kappa shape index (κ3) is 4.17. The normalized spacial score (nSPS) is 27.3. The second-order valence-electron chi connectivity index (χ2n) is 3.80. The van der Waals surface area contributed by atoms with Crippen LogP contribution in [0.15, 0.2) is 0 Å². The molecule has 1 aliphatic rings. The molecule has 0 spiro atoms. The molecule has 0 heterocycles. The highest BCUT2D eigenvalue weighted by molar-refractivity contribution is 7.86. The Morgan fingerprint density at radius 2 is 1.73 bits per heavy atom. The zero-order valence-electron chi connectivity index (χ0n) is 8.93. The fourth-order valence-corrected chi connectivity index (χ4v) is 2.50.